The van der Waals surface area contributed by atoms with E-state index in [1.807, 2.05) is 42.5 Å². The van der Waals surface area contributed by atoms with Gasteiger partial charge >= 0.3 is 0 Å². The van der Waals surface area contributed by atoms with E-state index in [2.05, 4.69) is 25.6 Å². The van der Waals surface area contributed by atoms with Crippen molar-refractivity contribution >= 4 is 5.65 Å². The van der Waals surface area contributed by atoms with Crippen LogP contribution in [0.5, 0.6) is 5.75 Å². The molecule has 24 heavy (non-hydrogen) atoms. The van der Waals surface area contributed by atoms with Crippen LogP contribution in [0.15, 0.2) is 54.9 Å². The van der Waals surface area contributed by atoms with Crippen molar-refractivity contribution in [3.05, 3.63) is 65.9 Å². The van der Waals surface area contributed by atoms with Crippen molar-refractivity contribution in [2.45, 2.75) is 6.61 Å². The van der Waals surface area contributed by atoms with E-state index in [-0.39, 0.29) is 5.49 Å². The molecule has 0 aliphatic heterocycles. The van der Waals surface area contributed by atoms with Crippen LogP contribution in [0.1, 0.15) is 5.56 Å². The summed E-state index contributed by atoms with van der Waals surface area (Å²) >= 11 is 0. The Bertz CT molecular complexity index is 1030. The Morgan fingerprint density at radius 2 is 2.00 bits per heavy atom. The average Bonchev–Trinajstić information content (AvgIpc) is 3.16. The molecule has 0 fully saturated rings. The van der Waals surface area contributed by atoms with Gasteiger partial charge in [-0.2, -0.15) is 0 Å². The molecule has 0 spiro atoms. The van der Waals surface area contributed by atoms with Crippen LogP contribution in [-0.4, -0.2) is 30.0 Å². The number of hydrogen-bond acceptors (Lipinski definition) is 6. The van der Waals surface area contributed by atoms with Crippen LogP contribution < -0.4 is 10.2 Å². The molecule has 0 radical (unpaired) electrons. The number of rotatable bonds is 4. The highest BCUT2D eigenvalue weighted by molar-refractivity contribution is 5.55. The van der Waals surface area contributed by atoms with Gasteiger partial charge in [-0.15, -0.1) is 5.10 Å². The summed E-state index contributed by atoms with van der Waals surface area (Å²) in [6.45, 7) is 0.365. The monoisotopic (exact) mass is 319 g/mol. The molecule has 0 bridgehead atoms. The molecule has 8 nitrogen and oxygen atoms in total. The first-order valence-electron chi connectivity index (χ1n) is 7.29. The van der Waals surface area contributed by atoms with Crippen LogP contribution in [0.25, 0.3) is 17.0 Å². The molecule has 0 aliphatic rings. The van der Waals surface area contributed by atoms with E-state index < -0.39 is 0 Å². The normalized spacial score (nSPS) is 10.8. The van der Waals surface area contributed by atoms with Crippen molar-refractivity contribution in [2.24, 2.45) is 0 Å². The van der Waals surface area contributed by atoms with E-state index in [4.69, 9.17) is 10.1 Å². The molecule has 4 rings (SSSR count). The Balaban J connectivity index is 1.73. The van der Waals surface area contributed by atoms with Gasteiger partial charge in [-0.3, -0.25) is 9.81 Å². The molecule has 4 aromatic rings. The summed E-state index contributed by atoms with van der Waals surface area (Å²) in [6.07, 6.45) is 3.37. The smallest absolute Gasteiger partial charge is 0.184 e. The number of fused-ring (bicyclic) bond motifs is 1. The molecule has 2 N–H and O–H groups in total. The number of aromatic nitrogens is 6. The first-order valence-corrected chi connectivity index (χ1v) is 7.29. The topological polar surface area (TPSA) is 105 Å². The zero-order valence-electron chi connectivity index (χ0n) is 12.5. The van der Waals surface area contributed by atoms with E-state index >= 15 is 0 Å². The van der Waals surface area contributed by atoms with E-state index in [0.717, 1.165) is 11.3 Å². The van der Waals surface area contributed by atoms with Crippen LogP contribution in [0, 0.1) is 5.41 Å². The van der Waals surface area contributed by atoms with E-state index in [0.29, 0.717) is 23.6 Å². The van der Waals surface area contributed by atoms with Gasteiger partial charge in [0.1, 0.15) is 23.5 Å². The third kappa shape index (κ3) is 2.50. The number of tetrazole rings is 1. The first-order chi connectivity index (χ1) is 11.8. The molecule has 1 aromatic carbocycles. The number of nitrogens with zero attached hydrogens (tertiary/aromatic N) is 5. The van der Waals surface area contributed by atoms with Crippen molar-refractivity contribution in [3.63, 3.8) is 0 Å². The maximum Gasteiger partial charge on any atom is 0.184 e. The fourth-order valence-electron chi connectivity index (χ4n) is 2.42. The maximum atomic E-state index is 8.38. The lowest BCUT2D eigenvalue weighted by atomic mass is 10.2. The number of benzene rings is 1. The standard InChI is InChI=1S/C16H13N7O/c17-14-13(15-19-21-22-20-15)9-18-16-11(5-4-8-23(14)16)10-24-12-6-2-1-3-7-12/h1-9,17H,10H2,(H,19,20,21,22). The lowest BCUT2D eigenvalue weighted by molar-refractivity contribution is 0.307. The minimum absolute atomic E-state index is 0.250. The Kier molecular flexibility index (Phi) is 3.47. The number of hydrogen-bond donors (Lipinski definition) is 2. The summed E-state index contributed by atoms with van der Waals surface area (Å²) < 4.78 is 7.47. The highest BCUT2D eigenvalue weighted by atomic mass is 16.5. The fraction of sp³-hybridized carbons (Fsp3) is 0.0625. The second kappa shape index (κ2) is 5.92. The molecule has 0 aliphatic carbocycles. The predicted octanol–water partition coefficient (Wildman–Crippen LogP) is 1.57. The minimum Gasteiger partial charge on any atom is -0.489 e. The summed E-state index contributed by atoms with van der Waals surface area (Å²) in [5, 5.41) is 21.9. The number of nitrogens with one attached hydrogen (secondary N) is 2. The van der Waals surface area contributed by atoms with Crippen LogP contribution in [0.3, 0.4) is 0 Å². The second-order valence-corrected chi connectivity index (χ2v) is 5.10. The van der Waals surface area contributed by atoms with Gasteiger partial charge in [0.05, 0.1) is 5.56 Å². The van der Waals surface area contributed by atoms with Crippen molar-refractivity contribution in [2.75, 3.05) is 0 Å². The van der Waals surface area contributed by atoms with Crippen molar-refractivity contribution < 1.29 is 4.74 Å². The van der Waals surface area contributed by atoms with Gasteiger partial charge in [0.2, 0.25) is 0 Å². The third-order valence-electron chi connectivity index (χ3n) is 3.60. The van der Waals surface area contributed by atoms with Gasteiger partial charge in [-0.05, 0) is 28.6 Å². The Morgan fingerprint density at radius 3 is 2.79 bits per heavy atom. The Hall–Kier alpha value is -3.55. The lowest BCUT2D eigenvalue weighted by Gasteiger charge is -2.10. The number of para-hydroxylation sites is 1. The van der Waals surface area contributed by atoms with Gasteiger partial charge in [-0.1, -0.05) is 24.3 Å². The molecular formula is C16H13N7O. The highest BCUT2D eigenvalue weighted by Gasteiger charge is 2.10. The van der Waals surface area contributed by atoms with Gasteiger partial charge in [0.25, 0.3) is 0 Å². The highest BCUT2D eigenvalue weighted by Crippen LogP contribution is 2.15. The molecule has 0 saturated carbocycles. The molecule has 0 saturated heterocycles. The zero-order chi connectivity index (χ0) is 16.4. The molecule has 0 unspecified atom stereocenters. The summed E-state index contributed by atoms with van der Waals surface area (Å²) in [7, 11) is 0. The van der Waals surface area contributed by atoms with Crippen molar-refractivity contribution in [3.8, 4) is 17.1 Å². The lowest BCUT2D eigenvalue weighted by Crippen LogP contribution is -2.18. The third-order valence-corrected chi connectivity index (χ3v) is 3.60. The van der Waals surface area contributed by atoms with Gasteiger partial charge < -0.3 is 4.74 Å². The Morgan fingerprint density at radius 1 is 1.12 bits per heavy atom. The molecule has 3 aromatic heterocycles. The molecule has 3 heterocycles. The van der Waals surface area contributed by atoms with Crippen LogP contribution >= 0.6 is 0 Å². The van der Waals surface area contributed by atoms with E-state index in [1.54, 1.807) is 16.8 Å². The van der Waals surface area contributed by atoms with E-state index in [9.17, 15) is 0 Å². The Labute approximate surface area is 136 Å². The van der Waals surface area contributed by atoms with Gasteiger partial charge in [0.15, 0.2) is 5.82 Å². The number of ether oxygens (including phenoxy) is 1. The summed E-state index contributed by atoms with van der Waals surface area (Å²) in [5.74, 6) is 1.20. The summed E-state index contributed by atoms with van der Waals surface area (Å²) in [5.41, 5.74) is 2.32. The fourth-order valence-corrected chi connectivity index (χ4v) is 2.42. The average molecular weight is 319 g/mol. The molecular weight excluding hydrogens is 306 g/mol. The number of H-pyrrole nitrogens is 1. The summed E-state index contributed by atoms with van der Waals surface area (Å²) in [6, 6.07) is 13.4. The quantitative estimate of drug-likeness (QED) is 0.594. The minimum atomic E-state index is 0.250. The largest absolute Gasteiger partial charge is 0.489 e. The molecule has 0 amide bonds. The second-order valence-electron chi connectivity index (χ2n) is 5.10. The van der Waals surface area contributed by atoms with Crippen molar-refractivity contribution in [1.29, 1.82) is 5.41 Å². The first kappa shape index (κ1) is 14.1. The van der Waals surface area contributed by atoms with E-state index in [1.165, 1.54) is 0 Å². The van der Waals surface area contributed by atoms with Gasteiger partial charge in [-0.25, -0.2) is 10.1 Å². The number of aromatic amines is 1. The van der Waals surface area contributed by atoms with Crippen molar-refractivity contribution in [1.82, 2.24) is 30.0 Å². The maximum absolute atomic E-state index is 8.38. The SMILES string of the molecule is N=c1c(-c2nnn[nH]2)cnc2c(COc3ccccc3)cccn12. The number of pyridine rings is 1. The van der Waals surface area contributed by atoms with Crippen LogP contribution in [0.2, 0.25) is 0 Å². The molecule has 118 valence electrons. The molecule has 8 heteroatoms. The van der Waals surface area contributed by atoms with Gasteiger partial charge in [0, 0.05) is 18.0 Å². The van der Waals surface area contributed by atoms with Crippen LogP contribution in [-0.2, 0) is 6.61 Å². The molecule has 0 atom stereocenters. The predicted molar refractivity (Wildman–Crippen MR) is 85.0 cm³/mol. The zero-order valence-corrected chi connectivity index (χ0v) is 12.5. The summed E-state index contributed by atoms with van der Waals surface area (Å²) in [4.78, 5) is 4.46. The van der Waals surface area contributed by atoms with Crippen LogP contribution in [0.4, 0.5) is 0 Å².